The van der Waals surface area contributed by atoms with Crippen molar-refractivity contribution in [2.24, 2.45) is 5.41 Å². The molecular weight excluding hydrogens is 298 g/mol. The van der Waals surface area contributed by atoms with Crippen LogP contribution in [0.2, 0.25) is 0 Å². The molecule has 10 nitrogen and oxygen atoms in total. The molecule has 0 saturated heterocycles. The summed E-state index contributed by atoms with van der Waals surface area (Å²) in [6.45, 7) is 6.35. The fourth-order valence-electron chi connectivity index (χ4n) is 2.65. The molecule has 3 atom stereocenters. The molecule has 10 heteroatoms. The Bertz CT molecular complexity index is 606. The fraction of sp³-hybridized carbons (Fsp3) is 0.750. The lowest BCUT2D eigenvalue weighted by Crippen LogP contribution is -2.68. The number of carbonyl (C=O) groups excluding carboxylic acids is 1. The normalized spacial score (nSPS) is 32.3. The number of Topliss-reactive ketones (excluding diaryl/α,β-unsaturated/α-hetero) is 1. The lowest BCUT2D eigenvalue weighted by Gasteiger charge is -2.37. The third kappa shape index (κ3) is 2.24. The van der Waals surface area contributed by atoms with Gasteiger partial charge in [-0.1, -0.05) is 20.8 Å². The van der Waals surface area contributed by atoms with Crippen LogP contribution in [0.1, 0.15) is 34.6 Å². The third-order valence-corrected chi connectivity index (χ3v) is 4.02. The minimum absolute atomic E-state index is 0.101. The van der Waals surface area contributed by atoms with Crippen LogP contribution in [0.4, 0.5) is 0 Å². The van der Waals surface area contributed by atoms with E-state index >= 15 is 0 Å². The van der Waals surface area contributed by atoms with Gasteiger partial charge in [-0.05, 0) is 5.41 Å². The van der Waals surface area contributed by atoms with Crippen LogP contribution in [-0.2, 0) is 4.79 Å². The second-order valence-corrected chi connectivity index (χ2v) is 6.68. The molecule has 0 amide bonds. The van der Waals surface area contributed by atoms with Gasteiger partial charge in [-0.3, -0.25) is 35.1 Å². The van der Waals surface area contributed by atoms with Gasteiger partial charge in [0.1, 0.15) is 0 Å². The van der Waals surface area contributed by atoms with Crippen LogP contribution in [0, 0.1) is 35.8 Å². The van der Waals surface area contributed by atoms with Gasteiger partial charge in [0, 0.05) is 40.3 Å². The summed E-state index contributed by atoms with van der Waals surface area (Å²) >= 11 is 0. The maximum absolute atomic E-state index is 12.4. The van der Waals surface area contributed by atoms with E-state index in [-0.39, 0.29) is 5.57 Å². The van der Waals surface area contributed by atoms with E-state index in [4.69, 9.17) is 0 Å². The van der Waals surface area contributed by atoms with E-state index in [2.05, 4.69) is 0 Å². The van der Waals surface area contributed by atoms with Gasteiger partial charge in [0.15, 0.2) is 0 Å². The van der Waals surface area contributed by atoms with Crippen molar-refractivity contribution in [3.63, 3.8) is 0 Å². The van der Waals surface area contributed by atoms with Crippen LogP contribution in [0.5, 0.6) is 0 Å². The van der Waals surface area contributed by atoms with Crippen molar-refractivity contribution >= 4 is 5.78 Å². The minimum atomic E-state index is -2.71. The van der Waals surface area contributed by atoms with Gasteiger partial charge < -0.3 is 0 Å². The van der Waals surface area contributed by atoms with E-state index in [0.29, 0.717) is 0 Å². The molecule has 1 rings (SSSR count). The highest BCUT2D eigenvalue weighted by molar-refractivity contribution is 5.98. The van der Waals surface area contributed by atoms with Crippen molar-refractivity contribution < 1.29 is 19.6 Å². The first-order valence-electron chi connectivity index (χ1n) is 6.41. The van der Waals surface area contributed by atoms with E-state index in [1.165, 1.54) is 0 Å². The van der Waals surface area contributed by atoms with Crippen molar-refractivity contribution in [2.75, 3.05) is 0 Å². The molecule has 0 unspecified atom stereocenters. The Labute approximate surface area is 125 Å². The molecule has 0 aromatic heterocycles. The first kappa shape index (κ1) is 17.7. The van der Waals surface area contributed by atoms with Crippen LogP contribution in [-0.4, -0.2) is 37.7 Å². The molecule has 0 aromatic rings. The summed E-state index contributed by atoms with van der Waals surface area (Å²) in [5, 5.41) is 34.1. The first-order chi connectivity index (χ1) is 9.70. The Balaban J connectivity index is 3.88. The van der Waals surface area contributed by atoms with Gasteiger partial charge in [0.05, 0.1) is 0 Å². The highest BCUT2D eigenvalue weighted by atomic mass is 16.7. The number of hydrogen-bond acceptors (Lipinski definition) is 7. The summed E-state index contributed by atoms with van der Waals surface area (Å²) in [6.07, 6.45) is 0.897. The summed E-state index contributed by atoms with van der Waals surface area (Å²) in [4.78, 5) is 43.6. The van der Waals surface area contributed by atoms with E-state index < -0.39 is 43.1 Å². The number of nitro groups is 3. The summed E-state index contributed by atoms with van der Waals surface area (Å²) in [7, 11) is 0. The number of carbonyl (C=O) groups is 1. The second kappa shape index (κ2) is 4.82. The molecule has 0 aromatic carbocycles. The highest BCUT2D eigenvalue weighted by Crippen LogP contribution is 2.43. The smallest absolute Gasteiger partial charge is 0.283 e. The van der Waals surface area contributed by atoms with Crippen molar-refractivity contribution in [1.82, 2.24) is 0 Å². The Kier molecular flexibility index (Phi) is 3.87. The zero-order valence-electron chi connectivity index (χ0n) is 12.9. The van der Waals surface area contributed by atoms with E-state index in [1.54, 1.807) is 20.8 Å². The Morgan fingerprint density at radius 2 is 1.50 bits per heavy atom. The van der Waals surface area contributed by atoms with Gasteiger partial charge >= 0.3 is 17.1 Å². The minimum Gasteiger partial charge on any atom is -0.283 e. The Hall–Kier alpha value is -2.39. The largest absolute Gasteiger partial charge is 0.353 e. The molecule has 0 bridgehead atoms. The number of nitrogens with zero attached hydrogens (tertiary/aromatic N) is 3. The second-order valence-electron chi connectivity index (χ2n) is 6.68. The van der Waals surface area contributed by atoms with E-state index in [9.17, 15) is 35.1 Å². The molecule has 1 aliphatic rings. The van der Waals surface area contributed by atoms with Crippen molar-refractivity contribution in [3.05, 3.63) is 42.0 Å². The molecule has 22 heavy (non-hydrogen) atoms. The van der Waals surface area contributed by atoms with Crippen molar-refractivity contribution in [2.45, 2.75) is 51.7 Å². The Morgan fingerprint density at radius 3 is 1.77 bits per heavy atom. The van der Waals surface area contributed by atoms with Gasteiger partial charge in [0.2, 0.25) is 0 Å². The molecule has 0 saturated carbocycles. The lowest BCUT2D eigenvalue weighted by atomic mass is 9.64. The molecule has 0 spiro atoms. The summed E-state index contributed by atoms with van der Waals surface area (Å²) in [6, 6.07) is -1.96. The number of hydrogen-bond donors (Lipinski definition) is 0. The fourth-order valence-corrected chi connectivity index (χ4v) is 2.65. The molecule has 1 aliphatic carbocycles. The topological polar surface area (TPSA) is 146 Å². The highest BCUT2D eigenvalue weighted by Gasteiger charge is 2.73. The Morgan fingerprint density at radius 1 is 1.05 bits per heavy atom. The first-order valence-corrected chi connectivity index (χ1v) is 6.41. The van der Waals surface area contributed by atoms with Gasteiger partial charge in [-0.15, -0.1) is 0 Å². The molecule has 0 aliphatic heterocycles. The average molecular weight is 315 g/mol. The zero-order chi connectivity index (χ0) is 17.7. The monoisotopic (exact) mass is 315 g/mol. The average Bonchev–Trinajstić information content (AvgIpc) is 2.33. The summed E-state index contributed by atoms with van der Waals surface area (Å²) in [5.41, 5.74) is -6.14. The number of rotatable bonds is 3. The SMILES string of the molecule is CC(C)(C)C1=C[C@](C)([N+](=O)[O-])C(=O)[C@](C)([N+](=O)[O-])[C@H]1[N+](=O)[O-]. The van der Waals surface area contributed by atoms with Crippen LogP contribution < -0.4 is 0 Å². The van der Waals surface area contributed by atoms with E-state index in [1.807, 2.05) is 0 Å². The van der Waals surface area contributed by atoms with E-state index in [0.717, 1.165) is 19.9 Å². The summed E-state index contributed by atoms with van der Waals surface area (Å²) < 4.78 is 0. The molecule has 0 radical (unpaired) electrons. The lowest BCUT2D eigenvalue weighted by molar-refractivity contribution is -0.637. The van der Waals surface area contributed by atoms with Crippen LogP contribution in [0.25, 0.3) is 0 Å². The van der Waals surface area contributed by atoms with Crippen LogP contribution in [0.15, 0.2) is 11.6 Å². The predicted molar refractivity (Wildman–Crippen MR) is 74.1 cm³/mol. The maximum Gasteiger partial charge on any atom is 0.353 e. The van der Waals surface area contributed by atoms with Gasteiger partial charge in [-0.2, -0.15) is 0 Å². The molecule has 0 N–H and O–H groups in total. The van der Waals surface area contributed by atoms with Crippen LogP contribution >= 0.6 is 0 Å². The molecule has 122 valence electrons. The zero-order valence-corrected chi connectivity index (χ0v) is 12.9. The molecular formula is C12H17N3O7. The predicted octanol–water partition coefficient (Wildman–Crippen LogP) is 1.26. The quantitative estimate of drug-likeness (QED) is 0.432. The standard InChI is InChI=1S/C12H17N3O7/c1-10(2,3)7-6-11(4,14(19)20)9(16)12(5,15(21)22)8(7)13(17)18/h6,8H,1-5H3/t8-,11-,12+/m0/s1. The molecule has 0 fully saturated rings. The van der Waals surface area contributed by atoms with Crippen LogP contribution in [0.3, 0.4) is 0 Å². The molecule has 0 heterocycles. The van der Waals surface area contributed by atoms with Crippen molar-refractivity contribution in [3.8, 4) is 0 Å². The number of ketones is 1. The summed E-state index contributed by atoms with van der Waals surface area (Å²) in [5.74, 6) is -1.40. The maximum atomic E-state index is 12.4. The van der Waals surface area contributed by atoms with Crippen molar-refractivity contribution in [1.29, 1.82) is 0 Å². The van der Waals surface area contributed by atoms with Gasteiger partial charge in [-0.25, -0.2) is 0 Å². The van der Waals surface area contributed by atoms with Gasteiger partial charge in [0.25, 0.3) is 5.78 Å². The third-order valence-electron chi connectivity index (χ3n) is 4.02.